The van der Waals surface area contributed by atoms with Crippen molar-refractivity contribution < 1.29 is 14.6 Å². The van der Waals surface area contributed by atoms with Crippen LogP contribution < -0.4 is 15.6 Å². The molecule has 2 aromatic heterocycles. The van der Waals surface area contributed by atoms with E-state index in [2.05, 4.69) is 10.3 Å². The van der Waals surface area contributed by atoms with Crippen LogP contribution in [0.25, 0.3) is 11.7 Å². The molecule has 1 aliphatic rings. The van der Waals surface area contributed by atoms with Gasteiger partial charge in [0.25, 0.3) is 11.5 Å². The average molecular weight is 545 g/mol. The molecular weight excluding hydrogens is 520 g/mol. The molecule has 38 heavy (non-hydrogen) atoms. The van der Waals surface area contributed by atoms with E-state index in [1.807, 2.05) is 54.6 Å². The third-order valence-corrected chi connectivity index (χ3v) is 7.44. The number of benzene rings is 2. The number of aliphatic hydroxyl groups is 1. The molecule has 1 fully saturated rings. The predicted molar refractivity (Wildman–Crippen MR) is 153 cm³/mol. The van der Waals surface area contributed by atoms with E-state index >= 15 is 0 Å². The first-order valence-electron chi connectivity index (χ1n) is 11.8. The molecular formula is C28H24N4O4S2. The molecule has 1 amide bonds. The Hall–Kier alpha value is -3.99. The Morgan fingerprint density at radius 3 is 2.55 bits per heavy atom. The summed E-state index contributed by atoms with van der Waals surface area (Å²) in [7, 11) is 1.59. The number of carbonyl (C=O) groups is 1. The highest BCUT2D eigenvalue weighted by molar-refractivity contribution is 8.26. The first-order valence-corrected chi connectivity index (χ1v) is 13.0. The maximum absolute atomic E-state index is 13.5. The smallest absolute Gasteiger partial charge is 0.267 e. The molecule has 2 aromatic carbocycles. The number of ether oxygens (including phenoxy) is 1. The van der Waals surface area contributed by atoms with E-state index in [-0.39, 0.29) is 29.4 Å². The van der Waals surface area contributed by atoms with Gasteiger partial charge in [-0.15, -0.1) is 0 Å². The normalized spacial score (nSPS) is 15.3. The molecule has 10 heteroatoms. The number of nitrogens with one attached hydrogen (secondary N) is 1. The minimum Gasteiger partial charge on any atom is -0.497 e. The van der Waals surface area contributed by atoms with Gasteiger partial charge in [-0.2, -0.15) is 0 Å². The topological polar surface area (TPSA) is 96.2 Å². The van der Waals surface area contributed by atoms with Crippen molar-refractivity contribution in [2.24, 2.45) is 0 Å². The molecule has 1 unspecified atom stereocenters. The monoisotopic (exact) mass is 544 g/mol. The summed E-state index contributed by atoms with van der Waals surface area (Å²) in [5.74, 6) is 0.709. The first-order chi connectivity index (χ1) is 18.4. The van der Waals surface area contributed by atoms with Crippen LogP contribution in [0.3, 0.4) is 0 Å². The SMILES string of the molecule is COc1ccc(CN2C(=O)/C(=C/c3c(NCC(O)c4ccccc4)nc4ccccn4c3=O)SC2=S)cc1. The van der Waals surface area contributed by atoms with E-state index in [4.69, 9.17) is 17.0 Å². The van der Waals surface area contributed by atoms with Crippen molar-refractivity contribution in [3.63, 3.8) is 0 Å². The lowest BCUT2D eigenvalue weighted by atomic mass is 10.1. The van der Waals surface area contributed by atoms with Gasteiger partial charge >= 0.3 is 0 Å². The maximum Gasteiger partial charge on any atom is 0.267 e. The maximum atomic E-state index is 13.5. The van der Waals surface area contributed by atoms with Crippen LogP contribution in [0, 0.1) is 0 Å². The summed E-state index contributed by atoms with van der Waals surface area (Å²) >= 11 is 6.63. The molecule has 1 aliphatic heterocycles. The van der Waals surface area contributed by atoms with Crippen molar-refractivity contribution in [1.29, 1.82) is 0 Å². The second-order valence-electron chi connectivity index (χ2n) is 8.53. The average Bonchev–Trinajstić information content (AvgIpc) is 3.21. The van der Waals surface area contributed by atoms with Crippen LogP contribution >= 0.6 is 24.0 Å². The molecule has 4 aromatic rings. The first kappa shape index (κ1) is 25.7. The van der Waals surface area contributed by atoms with Crippen LogP contribution in [0.2, 0.25) is 0 Å². The van der Waals surface area contributed by atoms with Crippen LogP contribution in [0.1, 0.15) is 22.8 Å². The zero-order valence-electron chi connectivity index (χ0n) is 20.4. The Bertz CT molecular complexity index is 1590. The number of methoxy groups -OCH3 is 1. The lowest BCUT2D eigenvalue weighted by Crippen LogP contribution is -2.27. The summed E-state index contributed by atoms with van der Waals surface area (Å²) < 4.78 is 7.02. The molecule has 1 saturated heterocycles. The highest BCUT2D eigenvalue weighted by Crippen LogP contribution is 2.34. The number of amides is 1. The van der Waals surface area contributed by atoms with Crippen molar-refractivity contribution in [2.45, 2.75) is 12.6 Å². The van der Waals surface area contributed by atoms with Gasteiger partial charge in [0, 0.05) is 12.7 Å². The van der Waals surface area contributed by atoms with Crippen molar-refractivity contribution in [3.8, 4) is 5.75 Å². The quantitative estimate of drug-likeness (QED) is 0.251. The van der Waals surface area contributed by atoms with Crippen LogP contribution in [-0.4, -0.2) is 43.3 Å². The van der Waals surface area contributed by atoms with Crippen LogP contribution in [0.15, 0.2) is 88.7 Å². The third-order valence-electron chi connectivity index (χ3n) is 6.07. The number of rotatable bonds is 8. The fraction of sp³-hybridized carbons (Fsp3) is 0.143. The number of nitrogens with zero attached hydrogens (tertiary/aromatic N) is 3. The summed E-state index contributed by atoms with van der Waals surface area (Å²) in [6.07, 6.45) is 2.33. The predicted octanol–water partition coefficient (Wildman–Crippen LogP) is 4.25. The van der Waals surface area contributed by atoms with E-state index in [0.717, 1.165) is 28.6 Å². The van der Waals surface area contributed by atoms with Gasteiger partial charge < -0.3 is 15.2 Å². The number of carbonyl (C=O) groups excluding carboxylic acids is 1. The molecule has 0 bridgehead atoms. The Morgan fingerprint density at radius 1 is 1.08 bits per heavy atom. The summed E-state index contributed by atoms with van der Waals surface area (Å²) in [5.41, 5.74) is 1.94. The number of anilines is 1. The summed E-state index contributed by atoms with van der Waals surface area (Å²) in [6, 6.07) is 21.9. The minimum absolute atomic E-state index is 0.124. The number of aromatic nitrogens is 2. The summed E-state index contributed by atoms with van der Waals surface area (Å²) in [4.78, 5) is 33.2. The number of thioether (sulfide) groups is 1. The third kappa shape index (κ3) is 5.33. The summed E-state index contributed by atoms with van der Waals surface area (Å²) in [6.45, 7) is 0.425. The summed E-state index contributed by atoms with van der Waals surface area (Å²) in [5, 5.41) is 13.8. The highest BCUT2D eigenvalue weighted by atomic mass is 32.2. The van der Waals surface area contributed by atoms with Crippen molar-refractivity contribution in [3.05, 3.63) is 111 Å². The van der Waals surface area contributed by atoms with Gasteiger partial charge in [0.15, 0.2) is 0 Å². The van der Waals surface area contributed by atoms with Gasteiger partial charge in [-0.3, -0.25) is 18.9 Å². The Kier molecular flexibility index (Phi) is 7.54. The van der Waals surface area contributed by atoms with Crippen LogP contribution in [-0.2, 0) is 11.3 Å². The van der Waals surface area contributed by atoms with Gasteiger partial charge in [-0.05, 0) is 41.5 Å². The zero-order valence-corrected chi connectivity index (χ0v) is 22.0. The molecule has 0 spiro atoms. The standard InChI is InChI=1S/C28H24N4O4S2/c1-36-20-12-10-18(11-13-20)17-32-27(35)23(38-28(32)37)15-21-25(29-16-22(33)19-7-3-2-4-8-19)30-24-9-5-6-14-31(24)26(21)34/h2-15,22,29,33H,16-17H2,1H3/b23-15-. The van der Waals surface area contributed by atoms with Gasteiger partial charge in [0.2, 0.25) is 0 Å². The van der Waals surface area contributed by atoms with Gasteiger partial charge in [-0.25, -0.2) is 4.98 Å². The lowest BCUT2D eigenvalue weighted by molar-refractivity contribution is -0.122. The molecule has 1 atom stereocenters. The molecule has 192 valence electrons. The Morgan fingerprint density at radius 2 is 1.82 bits per heavy atom. The van der Waals surface area contributed by atoms with Crippen molar-refractivity contribution in [1.82, 2.24) is 14.3 Å². The van der Waals surface area contributed by atoms with Crippen LogP contribution in [0.4, 0.5) is 5.82 Å². The van der Waals surface area contributed by atoms with E-state index in [9.17, 15) is 14.7 Å². The van der Waals surface area contributed by atoms with Gasteiger partial charge in [0.05, 0.1) is 30.2 Å². The molecule has 0 radical (unpaired) electrons. The van der Waals surface area contributed by atoms with E-state index < -0.39 is 6.10 Å². The molecule has 2 N–H and O–H groups in total. The molecule has 0 aliphatic carbocycles. The second-order valence-corrected chi connectivity index (χ2v) is 10.2. The molecule has 8 nitrogen and oxygen atoms in total. The van der Waals surface area contributed by atoms with Crippen molar-refractivity contribution >= 4 is 51.7 Å². The molecule has 0 saturated carbocycles. The fourth-order valence-corrected chi connectivity index (χ4v) is 5.27. The molecule has 5 rings (SSSR count). The van der Waals surface area contributed by atoms with E-state index in [0.29, 0.717) is 21.4 Å². The fourth-order valence-electron chi connectivity index (χ4n) is 4.03. The number of thiocarbonyl (C=S) groups is 1. The van der Waals surface area contributed by atoms with Gasteiger partial charge in [-0.1, -0.05) is 72.5 Å². The number of hydrogen-bond donors (Lipinski definition) is 2. The number of pyridine rings is 1. The Labute approximate surface area is 228 Å². The van der Waals surface area contributed by atoms with E-state index in [1.54, 1.807) is 31.5 Å². The zero-order chi connectivity index (χ0) is 26.6. The highest BCUT2D eigenvalue weighted by Gasteiger charge is 2.32. The number of fused-ring (bicyclic) bond motifs is 1. The van der Waals surface area contributed by atoms with E-state index in [1.165, 1.54) is 15.4 Å². The minimum atomic E-state index is -0.817. The molecule has 3 heterocycles. The number of hydrogen-bond acceptors (Lipinski definition) is 8. The largest absolute Gasteiger partial charge is 0.497 e. The van der Waals surface area contributed by atoms with Crippen LogP contribution in [0.5, 0.6) is 5.75 Å². The lowest BCUT2D eigenvalue weighted by Gasteiger charge is -2.15. The number of aliphatic hydroxyl groups excluding tert-OH is 1. The second kappa shape index (κ2) is 11.2. The Balaban J connectivity index is 1.46. The van der Waals surface area contributed by atoms with Crippen molar-refractivity contribution in [2.75, 3.05) is 19.0 Å². The van der Waals surface area contributed by atoms with Gasteiger partial charge in [0.1, 0.15) is 21.5 Å².